The largest absolute Gasteiger partial charge is 0.486 e. The van der Waals surface area contributed by atoms with Crippen LogP contribution in [-0.2, 0) is 10.0 Å². The predicted octanol–water partition coefficient (Wildman–Crippen LogP) is 5.02. The van der Waals surface area contributed by atoms with E-state index in [1.807, 2.05) is 43.3 Å². The van der Waals surface area contributed by atoms with Gasteiger partial charge in [0.2, 0.25) is 10.0 Å². The average molecular weight is 617 g/mol. The van der Waals surface area contributed by atoms with E-state index in [4.69, 9.17) is 4.74 Å². The van der Waals surface area contributed by atoms with E-state index in [0.29, 0.717) is 5.69 Å². The van der Waals surface area contributed by atoms with Crippen molar-refractivity contribution in [1.82, 2.24) is 9.21 Å². The van der Waals surface area contributed by atoms with Crippen molar-refractivity contribution in [2.45, 2.75) is 30.9 Å². The molecule has 3 atom stereocenters. The number of urea groups is 1. The fourth-order valence-corrected chi connectivity index (χ4v) is 6.50. The summed E-state index contributed by atoms with van der Waals surface area (Å²) in [5, 5.41) is 17.5. The first-order valence-electron chi connectivity index (χ1n) is 14.4. The van der Waals surface area contributed by atoms with Crippen molar-refractivity contribution >= 4 is 44.1 Å². The zero-order chi connectivity index (χ0) is 31.4. The van der Waals surface area contributed by atoms with E-state index in [2.05, 4.69) is 10.6 Å². The van der Waals surface area contributed by atoms with Crippen LogP contribution < -0.4 is 15.4 Å². The number of aliphatic hydroxyl groups excluding tert-OH is 1. The normalized spacial score (nSPS) is 17.8. The van der Waals surface area contributed by atoms with Gasteiger partial charge in [0.05, 0.1) is 41.0 Å². The summed E-state index contributed by atoms with van der Waals surface area (Å²) in [7, 11) is -2.35. The summed E-state index contributed by atoms with van der Waals surface area (Å²) in [5.74, 6) is -0.579. The molecule has 4 aromatic carbocycles. The number of carbonyl (C=O) groups is 2. The summed E-state index contributed by atoms with van der Waals surface area (Å²) >= 11 is 0. The minimum absolute atomic E-state index is 0.0239. The predicted molar refractivity (Wildman–Crippen MR) is 170 cm³/mol. The summed E-state index contributed by atoms with van der Waals surface area (Å²) in [6.07, 6.45) is -0.706. The van der Waals surface area contributed by atoms with Crippen LogP contribution in [0, 0.1) is 5.92 Å². The highest BCUT2D eigenvalue weighted by Crippen LogP contribution is 2.35. The number of nitrogens with zero attached hydrogens (tertiary/aromatic N) is 2. The third-order valence-corrected chi connectivity index (χ3v) is 9.70. The number of amides is 3. The first-order valence-corrected chi connectivity index (χ1v) is 15.8. The van der Waals surface area contributed by atoms with Gasteiger partial charge in [0.25, 0.3) is 5.91 Å². The summed E-state index contributed by atoms with van der Waals surface area (Å²) in [6, 6.07) is 25.2. The van der Waals surface area contributed by atoms with Gasteiger partial charge in [-0.05, 0) is 42.6 Å². The minimum Gasteiger partial charge on any atom is -0.486 e. The first-order chi connectivity index (χ1) is 21.1. The molecule has 11 heteroatoms. The summed E-state index contributed by atoms with van der Waals surface area (Å²) in [5.41, 5.74) is 1.05. The molecule has 0 spiro atoms. The quantitative estimate of drug-likeness (QED) is 0.255. The van der Waals surface area contributed by atoms with Gasteiger partial charge in [-0.15, -0.1) is 0 Å². The second-order valence-electron chi connectivity index (χ2n) is 11.0. The second-order valence-corrected chi connectivity index (χ2v) is 13.1. The van der Waals surface area contributed by atoms with E-state index in [9.17, 15) is 23.1 Å². The highest BCUT2D eigenvalue weighted by molar-refractivity contribution is 7.89. The van der Waals surface area contributed by atoms with Crippen molar-refractivity contribution in [3.05, 3.63) is 96.6 Å². The molecule has 0 unspecified atom stereocenters. The number of likely N-dealkylation sites (N-methyl/N-ethyl adjacent to an activating group) is 1. The molecule has 1 heterocycles. The van der Waals surface area contributed by atoms with Crippen LogP contribution in [0.5, 0.6) is 5.75 Å². The number of sulfonamides is 1. The molecule has 0 saturated carbocycles. The number of para-hydroxylation sites is 1. The van der Waals surface area contributed by atoms with Crippen LogP contribution in [0.15, 0.2) is 95.9 Å². The number of carbonyl (C=O) groups excluding carboxylic acids is 2. The standard InChI is InChI=1S/C33H36N4O6S/c1-22-19-37(23(2)21-38)32(39)27-16-10-18-29(35-33(40)34-28-17-9-12-24-11-7-8-15-26(24)28)31(27)43-30(22)20-36(3)44(41,42)25-13-5-4-6-14-25/h4-18,22-23,30,38H,19-21H2,1-3H3,(H2,34,35,40)/t22-,23+,30-/m0/s1. The monoisotopic (exact) mass is 616 g/mol. The van der Waals surface area contributed by atoms with Gasteiger partial charge in [-0.2, -0.15) is 4.31 Å². The van der Waals surface area contributed by atoms with Crippen LogP contribution in [0.3, 0.4) is 0 Å². The topological polar surface area (TPSA) is 128 Å². The van der Waals surface area contributed by atoms with Crippen molar-refractivity contribution in [2.75, 3.05) is 37.4 Å². The van der Waals surface area contributed by atoms with Gasteiger partial charge in [-0.1, -0.05) is 67.6 Å². The van der Waals surface area contributed by atoms with Gasteiger partial charge in [-0.3, -0.25) is 4.79 Å². The number of hydrogen-bond donors (Lipinski definition) is 3. The lowest BCUT2D eigenvalue weighted by Gasteiger charge is -2.38. The molecule has 10 nitrogen and oxygen atoms in total. The van der Waals surface area contributed by atoms with Crippen LogP contribution in [0.25, 0.3) is 10.8 Å². The maximum atomic E-state index is 13.8. The van der Waals surface area contributed by atoms with Crippen molar-refractivity contribution in [1.29, 1.82) is 0 Å². The molecule has 3 amide bonds. The average Bonchev–Trinajstić information content (AvgIpc) is 3.03. The Morgan fingerprint density at radius 1 is 0.977 bits per heavy atom. The molecule has 4 aromatic rings. The van der Waals surface area contributed by atoms with E-state index in [-0.39, 0.29) is 53.4 Å². The Morgan fingerprint density at radius 2 is 1.61 bits per heavy atom. The molecule has 0 fully saturated rings. The van der Waals surface area contributed by atoms with Gasteiger partial charge in [0, 0.05) is 24.9 Å². The van der Waals surface area contributed by atoms with Crippen LogP contribution in [0.2, 0.25) is 0 Å². The second kappa shape index (κ2) is 13.0. The van der Waals surface area contributed by atoms with Crippen LogP contribution in [0.1, 0.15) is 24.2 Å². The lowest BCUT2D eigenvalue weighted by atomic mass is 9.99. The Kier molecular flexibility index (Phi) is 9.19. The van der Waals surface area contributed by atoms with E-state index in [0.717, 1.165) is 10.8 Å². The third kappa shape index (κ3) is 6.40. The van der Waals surface area contributed by atoms with Crippen LogP contribution in [-0.4, -0.2) is 73.6 Å². The number of ether oxygens (including phenoxy) is 1. The minimum atomic E-state index is -3.83. The van der Waals surface area contributed by atoms with Crippen LogP contribution in [0.4, 0.5) is 16.2 Å². The Morgan fingerprint density at radius 3 is 2.36 bits per heavy atom. The van der Waals surface area contributed by atoms with Gasteiger partial charge in [0.15, 0.2) is 5.75 Å². The molecule has 1 aliphatic heterocycles. The molecule has 0 bridgehead atoms. The number of anilines is 2. The number of aliphatic hydroxyl groups is 1. The Balaban J connectivity index is 1.48. The van der Waals surface area contributed by atoms with Gasteiger partial charge in [0.1, 0.15) is 6.10 Å². The van der Waals surface area contributed by atoms with E-state index in [1.165, 1.54) is 23.5 Å². The number of fused-ring (bicyclic) bond motifs is 2. The molecular formula is C33H36N4O6S. The highest BCUT2D eigenvalue weighted by Gasteiger charge is 2.36. The lowest BCUT2D eigenvalue weighted by Crippen LogP contribution is -2.50. The summed E-state index contributed by atoms with van der Waals surface area (Å²) < 4.78 is 34.4. The zero-order valence-corrected chi connectivity index (χ0v) is 25.6. The Bertz CT molecular complexity index is 1760. The van der Waals surface area contributed by atoms with Crippen molar-refractivity contribution in [3.63, 3.8) is 0 Å². The van der Waals surface area contributed by atoms with Crippen LogP contribution >= 0.6 is 0 Å². The maximum Gasteiger partial charge on any atom is 0.323 e. The molecule has 44 heavy (non-hydrogen) atoms. The van der Waals surface area contributed by atoms with E-state index >= 15 is 0 Å². The smallest absolute Gasteiger partial charge is 0.323 e. The molecule has 5 rings (SSSR count). The summed E-state index contributed by atoms with van der Waals surface area (Å²) in [4.78, 5) is 28.8. The van der Waals surface area contributed by atoms with Gasteiger partial charge >= 0.3 is 6.03 Å². The third-order valence-electron chi connectivity index (χ3n) is 7.87. The molecule has 0 aromatic heterocycles. The van der Waals surface area contributed by atoms with Crippen molar-refractivity contribution in [3.8, 4) is 5.75 Å². The first kappa shape index (κ1) is 31.0. The highest BCUT2D eigenvalue weighted by atomic mass is 32.2. The van der Waals surface area contributed by atoms with Crippen molar-refractivity contribution in [2.24, 2.45) is 5.92 Å². The zero-order valence-electron chi connectivity index (χ0n) is 24.8. The van der Waals surface area contributed by atoms with E-state index in [1.54, 1.807) is 54.3 Å². The molecule has 0 aliphatic carbocycles. The number of nitrogens with one attached hydrogen (secondary N) is 2. The molecule has 1 aliphatic rings. The fourth-order valence-electron chi connectivity index (χ4n) is 5.29. The molecule has 230 valence electrons. The molecular weight excluding hydrogens is 580 g/mol. The Hall–Kier alpha value is -4.45. The Labute approximate surface area is 257 Å². The number of benzene rings is 4. The number of rotatable bonds is 8. The molecule has 0 radical (unpaired) electrons. The SMILES string of the molecule is C[C@H](CO)N1C[C@H](C)[C@H](CN(C)S(=O)(=O)c2ccccc2)Oc2c(NC(=O)Nc3cccc4ccccc34)cccc2C1=O. The molecule has 3 N–H and O–H groups in total. The number of hydrogen-bond acceptors (Lipinski definition) is 6. The van der Waals surface area contributed by atoms with Crippen molar-refractivity contribution < 1.29 is 27.9 Å². The van der Waals surface area contributed by atoms with Gasteiger partial charge in [-0.25, -0.2) is 13.2 Å². The van der Waals surface area contributed by atoms with Gasteiger partial charge < -0.3 is 25.4 Å². The van der Waals surface area contributed by atoms with E-state index < -0.39 is 28.2 Å². The molecule has 0 saturated heterocycles. The maximum absolute atomic E-state index is 13.8. The summed E-state index contributed by atoms with van der Waals surface area (Å²) in [6.45, 7) is 3.56. The lowest BCUT2D eigenvalue weighted by molar-refractivity contribution is 0.0389. The fraction of sp³-hybridized carbons (Fsp3) is 0.273.